The van der Waals surface area contributed by atoms with E-state index in [1.807, 2.05) is 0 Å². The van der Waals surface area contributed by atoms with Crippen molar-refractivity contribution in [1.82, 2.24) is 10.2 Å². The highest BCUT2D eigenvalue weighted by molar-refractivity contribution is 5.20. The molecule has 3 heteroatoms. The summed E-state index contributed by atoms with van der Waals surface area (Å²) >= 11 is 0. The van der Waals surface area contributed by atoms with Gasteiger partial charge in [-0.15, -0.1) is 0 Å². The average molecular weight is 222 g/mol. The first-order valence-corrected chi connectivity index (χ1v) is 6.19. The van der Waals surface area contributed by atoms with Crippen molar-refractivity contribution >= 4 is 0 Å². The van der Waals surface area contributed by atoms with E-state index in [0.717, 1.165) is 37.2 Å². The van der Waals surface area contributed by atoms with Crippen LogP contribution in [-0.2, 0) is 13.1 Å². The molecular weight excluding hydrogens is 200 g/mol. The van der Waals surface area contributed by atoms with Crippen LogP contribution in [-0.4, -0.2) is 24.5 Å². The number of nitrogens with one attached hydrogen (secondary N) is 1. The van der Waals surface area contributed by atoms with E-state index in [1.165, 1.54) is 18.4 Å². The third kappa shape index (κ3) is 3.09. The van der Waals surface area contributed by atoms with Gasteiger partial charge in [-0.1, -0.05) is 6.92 Å². The average Bonchev–Trinajstić information content (AvgIpc) is 3.03. The third-order valence-corrected chi connectivity index (χ3v) is 3.19. The number of hydrogen-bond acceptors (Lipinski definition) is 3. The minimum atomic E-state index is 0.743. The highest BCUT2D eigenvalue weighted by Gasteiger charge is 2.20. The topological polar surface area (TPSA) is 28.4 Å². The normalized spacial score (nSPS) is 16.0. The van der Waals surface area contributed by atoms with Gasteiger partial charge in [-0.3, -0.25) is 0 Å². The molecule has 0 spiro atoms. The van der Waals surface area contributed by atoms with Crippen molar-refractivity contribution in [3.8, 4) is 0 Å². The zero-order chi connectivity index (χ0) is 11.5. The zero-order valence-corrected chi connectivity index (χ0v) is 10.5. The van der Waals surface area contributed by atoms with Crippen LogP contribution in [0.4, 0.5) is 0 Å². The molecule has 0 amide bonds. The van der Waals surface area contributed by atoms with Gasteiger partial charge in [-0.05, 0) is 39.4 Å². The van der Waals surface area contributed by atoms with Gasteiger partial charge in [-0.2, -0.15) is 0 Å². The Bertz CT molecular complexity index is 342. The van der Waals surface area contributed by atoms with E-state index < -0.39 is 0 Å². The molecule has 1 aliphatic rings. The van der Waals surface area contributed by atoms with E-state index >= 15 is 0 Å². The molecule has 16 heavy (non-hydrogen) atoms. The summed E-state index contributed by atoms with van der Waals surface area (Å²) in [4.78, 5) is 2.29. The number of rotatable bonds is 6. The van der Waals surface area contributed by atoms with Gasteiger partial charge in [-0.25, -0.2) is 0 Å². The van der Waals surface area contributed by atoms with Crippen molar-refractivity contribution in [2.24, 2.45) is 0 Å². The predicted molar refractivity (Wildman–Crippen MR) is 65.3 cm³/mol. The molecule has 0 atom stereocenters. The second-order valence-electron chi connectivity index (χ2n) is 4.78. The van der Waals surface area contributed by atoms with Gasteiger partial charge >= 0.3 is 0 Å². The lowest BCUT2D eigenvalue weighted by atomic mass is 10.2. The molecule has 0 unspecified atom stereocenters. The smallest absolute Gasteiger partial charge is 0.118 e. The van der Waals surface area contributed by atoms with Crippen LogP contribution in [0.15, 0.2) is 10.5 Å². The molecule has 3 nitrogen and oxygen atoms in total. The quantitative estimate of drug-likeness (QED) is 0.800. The van der Waals surface area contributed by atoms with Crippen LogP contribution in [0.1, 0.15) is 36.8 Å². The molecule has 1 saturated carbocycles. The SMILES string of the molecule is CCN(C)Cc1cc(CNC2CC2)oc1C. The van der Waals surface area contributed by atoms with Gasteiger partial charge < -0.3 is 14.6 Å². The zero-order valence-electron chi connectivity index (χ0n) is 10.5. The van der Waals surface area contributed by atoms with Gasteiger partial charge in [0.25, 0.3) is 0 Å². The standard InChI is InChI=1S/C13H22N2O/c1-4-15(3)9-11-7-13(16-10(11)2)8-14-12-5-6-12/h7,12,14H,4-6,8-9H2,1-3H3. The molecule has 2 rings (SSSR count). The maximum atomic E-state index is 5.75. The molecule has 0 bridgehead atoms. The Labute approximate surface area is 97.8 Å². The summed E-state index contributed by atoms with van der Waals surface area (Å²) in [5.74, 6) is 2.14. The fraction of sp³-hybridized carbons (Fsp3) is 0.692. The van der Waals surface area contributed by atoms with Crippen LogP contribution in [0.25, 0.3) is 0 Å². The molecule has 1 aliphatic carbocycles. The van der Waals surface area contributed by atoms with Gasteiger partial charge in [0.2, 0.25) is 0 Å². The first-order chi connectivity index (χ1) is 7.69. The number of hydrogen-bond donors (Lipinski definition) is 1. The van der Waals surface area contributed by atoms with E-state index in [2.05, 4.69) is 37.2 Å². The minimum Gasteiger partial charge on any atom is -0.465 e. The van der Waals surface area contributed by atoms with E-state index in [0.29, 0.717) is 0 Å². The number of nitrogens with zero attached hydrogens (tertiary/aromatic N) is 1. The lowest BCUT2D eigenvalue weighted by Crippen LogP contribution is -2.17. The fourth-order valence-corrected chi connectivity index (χ4v) is 1.77. The number of aryl methyl sites for hydroxylation is 1. The van der Waals surface area contributed by atoms with E-state index in [1.54, 1.807) is 0 Å². The molecule has 1 heterocycles. The second-order valence-corrected chi connectivity index (χ2v) is 4.78. The first kappa shape index (κ1) is 11.7. The van der Waals surface area contributed by atoms with E-state index in [-0.39, 0.29) is 0 Å². The minimum absolute atomic E-state index is 0.743. The third-order valence-electron chi connectivity index (χ3n) is 3.19. The molecular formula is C13H22N2O. The number of furan rings is 1. The predicted octanol–water partition coefficient (Wildman–Crippen LogP) is 2.29. The second kappa shape index (κ2) is 5.02. The monoisotopic (exact) mass is 222 g/mol. The largest absolute Gasteiger partial charge is 0.465 e. The summed E-state index contributed by atoms with van der Waals surface area (Å²) in [7, 11) is 2.13. The molecule has 0 saturated heterocycles. The molecule has 0 aromatic carbocycles. The lowest BCUT2D eigenvalue weighted by Gasteiger charge is -2.12. The Balaban J connectivity index is 1.91. The molecule has 0 aliphatic heterocycles. The van der Waals surface area contributed by atoms with Gasteiger partial charge in [0.15, 0.2) is 0 Å². The van der Waals surface area contributed by atoms with Crippen molar-refractivity contribution < 1.29 is 4.42 Å². The molecule has 90 valence electrons. The lowest BCUT2D eigenvalue weighted by molar-refractivity contribution is 0.342. The molecule has 1 aromatic rings. The van der Waals surface area contributed by atoms with Crippen LogP contribution >= 0.6 is 0 Å². The first-order valence-electron chi connectivity index (χ1n) is 6.19. The molecule has 1 fully saturated rings. The Hall–Kier alpha value is -0.800. The van der Waals surface area contributed by atoms with Crippen molar-refractivity contribution in [3.05, 3.63) is 23.2 Å². The Morgan fingerprint density at radius 3 is 2.88 bits per heavy atom. The molecule has 1 N–H and O–H groups in total. The fourth-order valence-electron chi connectivity index (χ4n) is 1.77. The van der Waals surface area contributed by atoms with Crippen LogP contribution in [0.5, 0.6) is 0 Å². The van der Waals surface area contributed by atoms with Gasteiger partial charge in [0.1, 0.15) is 11.5 Å². The van der Waals surface area contributed by atoms with Crippen LogP contribution in [0.2, 0.25) is 0 Å². The Morgan fingerprint density at radius 2 is 2.25 bits per heavy atom. The van der Waals surface area contributed by atoms with Crippen molar-refractivity contribution in [3.63, 3.8) is 0 Å². The summed E-state index contributed by atoms with van der Waals surface area (Å²) in [5.41, 5.74) is 1.32. The van der Waals surface area contributed by atoms with Crippen molar-refractivity contribution in [1.29, 1.82) is 0 Å². The summed E-state index contributed by atoms with van der Waals surface area (Å²) in [6.07, 6.45) is 2.65. The molecule has 1 aromatic heterocycles. The van der Waals surface area contributed by atoms with Gasteiger partial charge in [0, 0.05) is 18.2 Å². The maximum absolute atomic E-state index is 5.75. The van der Waals surface area contributed by atoms with Crippen molar-refractivity contribution in [2.75, 3.05) is 13.6 Å². The highest BCUT2D eigenvalue weighted by atomic mass is 16.3. The van der Waals surface area contributed by atoms with Crippen LogP contribution in [0.3, 0.4) is 0 Å². The summed E-state index contributed by atoms with van der Waals surface area (Å²) < 4.78 is 5.75. The Kier molecular flexibility index (Phi) is 3.66. The summed E-state index contributed by atoms with van der Waals surface area (Å²) in [6, 6.07) is 2.93. The van der Waals surface area contributed by atoms with Gasteiger partial charge in [0.05, 0.1) is 6.54 Å². The summed E-state index contributed by atoms with van der Waals surface area (Å²) in [5, 5.41) is 3.47. The Morgan fingerprint density at radius 1 is 1.50 bits per heavy atom. The molecule has 0 radical (unpaired) electrons. The van der Waals surface area contributed by atoms with Crippen LogP contribution in [0, 0.1) is 6.92 Å². The van der Waals surface area contributed by atoms with E-state index in [4.69, 9.17) is 4.42 Å². The summed E-state index contributed by atoms with van der Waals surface area (Å²) in [6.45, 7) is 7.15. The van der Waals surface area contributed by atoms with E-state index in [9.17, 15) is 0 Å². The van der Waals surface area contributed by atoms with Crippen LogP contribution < -0.4 is 5.32 Å². The van der Waals surface area contributed by atoms with Crippen molar-refractivity contribution in [2.45, 2.75) is 45.8 Å². The maximum Gasteiger partial charge on any atom is 0.118 e. The highest BCUT2D eigenvalue weighted by Crippen LogP contribution is 2.21.